The van der Waals surface area contributed by atoms with Crippen LogP contribution in [0.3, 0.4) is 0 Å². The molecule has 0 atom stereocenters. The van der Waals surface area contributed by atoms with Gasteiger partial charge in [0.1, 0.15) is 6.61 Å². The summed E-state index contributed by atoms with van der Waals surface area (Å²) in [5, 5.41) is 3.54. The maximum absolute atomic E-state index is 11.3. The molecule has 1 amide bonds. The molecule has 0 heterocycles. The summed E-state index contributed by atoms with van der Waals surface area (Å²) in [5.41, 5.74) is 10.8. The lowest BCUT2D eigenvalue weighted by molar-refractivity contribution is 0.0841. The zero-order chi connectivity index (χ0) is 13.9. The number of hydrogen-bond donors (Lipinski definition) is 3. The van der Waals surface area contributed by atoms with Crippen LogP contribution in [-0.4, -0.2) is 18.7 Å². The fourth-order valence-corrected chi connectivity index (χ4v) is 1.11. The first kappa shape index (κ1) is 14.8. The Labute approximate surface area is 111 Å². The molecule has 7 nitrogen and oxygen atoms in total. The van der Waals surface area contributed by atoms with Gasteiger partial charge in [0.05, 0.1) is 6.61 Å². The molecule has 0 radical (unpaired) electrons. The van der Waals surface area contributed by atoms with E-state index in [-0.39, 0.29) is 12.6 Å². The first-order valence-corrected chi connectivity index (χ1v) is 5.90. The number of hydroxylamine groups is 1. The summed E-state index contributed by atoms with van der Waals surface area (Å²) >= 11 is 0. The summed E-state index contributed by atoms with van der Waals surface area (Å²) < 4.78 is 4.92. The molecule has 1 aromatic carbocycles. The van der Waals surface area contributed by atoms with Crippen molar-refractivity contribution in [2.45, 2.75) is 20.0 Å². The van der Waals surface area contributed by atoms with Gasteiger partial charge in [-0.2, -0.15) is 0 Å². The van der Waals surface area contributed by atoms with Crippen LogP contribution in [0.5, 0.6) is 0 Å². The minimum Gasteiger partial charge on any atom is -0.443 e. The lowest BCUT2D eigenvalue weighted by Gasteiger charge is -2.06. The van der Waals surface area contributed by atoms with Crippen molar-refractivity contribution in [2.75, 3.05) is 6.61 Å². The largest absolute Gasteiger partial charge is 0.443 e. The molecule has 4 N–H and O–H groups in total. The third-order valence-electron chi connectivity index (χ3n) is 1.96. The van der Waals surface area contributed by atoms with Crippen LogP contribution in [-0.2, 0) is 16.2 Å². The molecule has 0 fully saturated rings. The molecule has 0 bridgehead atoms. The van der Waals surface area contributed by atoms with Crippen molar-refractivity contribution in [1.82, 2.24) is 10.9 Å². The number of benzene rings is 1. The van der Waals surface area contributed by atoms with E-state index in [1.54, 1.807) is 0 Å². The molecule has 0 aromatic heterocycles. The molecule has 0 aliphatic heterocycles. The molecule has 0 spiro atoms. The van der Waals surface area contributed by atoms with E-state index in [1.165, 1.54) is 0 Å². The minimum absolute atomic E-state index is 0.0508. The number of carbonyl (C=O) groups is 1. The summed E-state index contributed by atoms with van der Waals surface area (Å²) in [6, 6.07) is 9.32. The lowest BCUT2D eigenvalue weighted by Crippen LogP contribution is -2.35. The number of hydrogen-bond acceptors (Lipinski definition) is 4. The van der Waals surface area contributed by atoms with E-state index < -0.39 is 6.09 Å². The van der Waals surface area contributed by atoms with Crippen molar-refractivity contribution in [3.63, 3.8) is 0 Å². The van der Waals surface area contributed by atoms with Crippen molar-refractivity contribution in [2.24, 2.45) is 10.8 Å². The maximum Gasteiger partial charge on any atom is 0.428 e. The number of amides is 1. The van der Waals surface area contributed by atoms with Gasteiger partial charge in [0.25, 0.3) is 0 Å². The SMILES string of the molecule is CCCON/C(N)=N/NC(=O)OCc1ccccc1. The second kappa shape index (κ2) is 8.76. The molecular formula is C12H18N4O3. The van der Waals surface area contributed by atoms with E-state index in [9.17, 15) is 4.79 Å². The van der Waals surface area contributed by atoms with Crippen LogP contribution in [0.4, 0.5) is 4.79 Å². The van der Waals surface area contributed by atoms with E-state index in [0.717, 1.165) is 12.0 Å². The molecule has 1 rings (SSSR count). The summed E-state index contributed by atoms with van der Waals surface area (Å²) in [4.78, 5) is 16.2. The number of nitrogens with one attached hydrogen (secondary N) is 2. The second-order valence-corrected chi connectivity index (χ2v) is 3.62. The van der Waals surface area contributed by atoms with Gasteiger partial charge >= 0.3 is 6.09 Å². The van der Waals surface area contributed by atoms with Crippen LogP contribution in [0.15, 0.2) is 35.4 Å². The number of carbonyl (C=O) groups excluding carboxylic acids is 1. The standard InChI is InChI=1S/C12H18N4O3/c1-2-8-19-16-11(13)14-15-12(17)18-9-10-6-4-3-5-7-10/h3-7H,2,8-9H2,1H3,(H,15,17)(H3,13,14,16). The highest BCUT2D eigenvalue weighted by atomic mass is 16.6. The van der Waals surface area contributed by atoms with Gasteiger partial charge in [-0.05, 0) is 12.0 Å². The Bertz CT molecular complexity index is 409. The topological polar surface area (TPSA) is 98.0 Å². The lowest BCUT2D eigenvalue weighted by atomic mass is 10.2. The quantitative estimate of drug-likeness (QED) is 0.310. The van der Waals surface area contributed by atoms with Gasteiger partial charge < -0.3 is 10.5 Å². The third kappa shape index (κ3) is 6.89. The van der Waals surface area contributed by atoms with Crippen LogP contribution in [0.2, 0.25) is 0 Å². The molecular weight excluding hydrogens is 248 g/mol. The summed E-state index contributed by atoms with van der Waals surface area (Å²) in [7, 11) is 0. The highest BCUT2D eigenvalue weighted by Gasteiger charge is 2.01. The molecule has 0 aliphatic carbocycles. The van der Waals surface area contributed by atoms with Gasteiger partial charge in [0, 0.05) is 0 Å². The average Bonchev–Trinajstić information content (AvgIpc) is 2.44. The summed E-state index contributed by atoms with van der Waals surface area (Å²) in [6.07, 6.45) is 0.149. The zero-order valence-electron chi connectivity index (χ0n) is 10.8. The Morgan fingerprint density at radius 1 is 1.37 bits per heavy atom. The van der Waals surface area contributed by atoms with Crippen molar-refractivity contribution in [3.8, 4) is 0 Å². The predicted molar refractivity (Wildman–Crippen MR) is 70.8 cm³/mol. The smallest absolute Gasteiger partial charge is 0.428 e. The van der Waals surface area contributed by atoms with E-state index >= 15 is 0 Å². The average molecular weight is 266 g/mol. The van der Waals surface area contributed by atoms with Crippen LogP contribution >= 0.6 is 0 Å². The van der Waals surface area contributed by atoms with Crippen molar-refractivity contribution >= 4 is 12.1 Å². The highest BCUT2D eigenvalue weighted by Crippen LogP contribution is 2.00. The van der Waals surface area contributed by atoms with E-state index in [1.807, 2.05) is 37.3 Å². The fraction of sp³-hybridized carbons (Fsp3) is 0.333. The van der Waals surface area contributed by atoms with E-state index in [2.05, 4.69) is 16.0 Å². The molecule has 19 heavy (non-hydrogen) atoms. The molecule has 0 unspecified atom stereocenters. The maximum atomic E-state index is 11.3. The first-order chi connectivity index (χ1) is 9.22. The first-order valence-electron chi connectivity index (χ1n) is 5.90. The van der Waals surface area contributed by atoms with Crippen molar-refractivity contribution < 1.29 is 14.4 Å². The molecule has 0 aliphatic rings. The van der Waals surface area contributed by atoms with Gasteiger partial charge in [0.2, 0.25) is 5.96 Å². The van der Waals surface area contributed by atoms with E-state index in [0.29, 0.717) is 6.61 Å². The Morgan fingerprint density at radius 2 is 2.11 bits per heavy atom. The van der Waals surface area contributed by atoms with Gasteiger partial charge in [-0.15, -0.1) is 5.10 Å². The fourth-order valence-electron chi connectivity index (χ4n) is 1.11. The molecule has 0 saturated carbocycles. The van der Waals surface area contributed by atoms with Gasteiger partial charge in [0.15, 0.2) is 0 Å². The summed E-state index contributed by atoms with van der Waals surface area (Å²) in [5.74, 6) is -0.0508. The van der Waals surface area contributed by atoms with Gasteiger partial charge in [-0.1, -0.05) is 37.3 Å². The Balaban J connectivity index is 2.22. The Kier molecular flexibility index (Phi) is 6.81. The van der Waals surface area contributed by atoms with Crippen LogP contribution in [0.25, 0.3) is 0 Å². The zero-order valence-corrected chi connectivity index (χ0v) is 10.8. The molecule has 104 valence electrons. The molecule has 0 saturated heterocycles. The third-order valence-corrected chi connectivity index (χ3v) is 1.96. The van der Waals surface area contributed by atoms with E-state index in [4.69, 9.17) is 15.3 Å². The number of rotatable bonds is 6. The highest BCUT2D eigenvalue weighted by molar-refractivity contribution is 5.78. The normalized spacial score (nSPS) is 10.9. The van der Waals surface area contributed by atoms with Crippen molar-refractivity contribution in [1.29, 1.82) is 0 Å². The van der Waals surface area contributed by atoms with Crippen LogP contribution in [0, 0.1) is 0 Å². The van der Waals surface area contributed by atoms with Crippen LogP contribution < -0.4 is 16.6 Å². The second-order valence-electron chi connectivity index (χ2n) is 3.62. The predicted octanol–water partition coefficient (Wildman–Crippen LogP) is 1.07. The van der Waals surface area contributed by atoms with Gasteiger partial charge in [-0.3, -0.25) is 4.84 Å². The number of guanidine groups is 1. The molecule has 7 heteroatoms. The monoisotopic (exact) mass is 266 g/mol. The van der Waals surface area contributed by atoms with Crippen LogP contribution in [0.1, 0.15) is 18.9 Å². The van der Waals surface area contributed by atoms with Gasteiger partial charge in [-0.25, -0.2) is 15.7 Å². The number of nitrogens with zero attached hydrogens (tertiary/aromatic N) is 1. The number of ether oxygens (including phenoxy) is 1. The number of nitrogens with two attached hydrogens (primary N) is 1. The molecule has 1 aromatic rings. The Morgan fingerprint density at radius 3 is 2.79 bits per heavy atom. The summed E-state index contributed by atoms with van der Waals surface area (Å²) in [6.45, 7) is 2.62. The Hall–Kier alpha value is -2.28. The van der Waals surface area contributed by atoms with Crippen molar-refractivity contribution in [3.05, 3.63) is 35.9 Å². The minimum atomic E-state index is -0.691. The number of hydrazone groups is 1.